The van der Waals surface area contributed by atoms with E-state index >= 15 is 0 Å². The minimum Gasteiger partial charge on any atom is -0.476 e. The molecular formula is C14H8F2N2O2S. The van der Waals surface area contributed by atoms with Gasteiger partial charge in [0.1, 0.15) is 10.3 Å². The summed E-state index contributed by atoms with van der Waals surface area (Å²) in [5.74, 6) is -2.89. The largest absolute Gasteiger partial charge is 0.476 e. The van der Waals surface area contributed by atoms with Crippen LogP contribution >= 0.6 is 11.3 Å². The van der Waals surface area contributed by atoms with Gasteiger partial charge in [-0.2, -0.15) is 0 Å². The van der Waals surface area contributed by atoms with E-state index in [0.29, 0.717) is 22.3 Å². The van der Waals surface area contributed by atoms with E-state index in [-0.39, 0.29) is 5.01 Å². The fourth-order valence-corrected chi connectivity index (χ4v) is 2.67. The van der Waals surface area contributed by atoms with Crippen molar-refractivity contribution in [3.63, 3.8) is 0 Å². The van der Waals surface area contributed by atoms with Crippen molar-refractivity contribution in [3.8, 4) is 0 Å². The summed E-state index contributed by atoms with van der Waals surface area (Å²) in [4.78, 5) is 19.5. The van der Waals surface area contributed by atoms with Crippen molar-refractivity contribution in [2.24, 2.45) is 0 Å². The van der Waals surface area contributed by atoms with E-state index in [1.165, 1.54) is 6.07 Å². The van der Waals surface area contributed by atoms with Crippen molar-refractivity contribution in [2.45, 2.75) is 6.42 Å². The lowest BCUT2D eigenvalue weighted by Crippen LogP contribution is -1.94. The zero-order valence-corrected chi connectivity index (χ0v) is 11.3. The first-order valence-electron chi connectivity index (χ1n) is 5.95. The van der Waals surface area contributed by atoms with Gasteiger partial charge >= 0.3 is 5.97 Å². The molecule has 2 heterocycles. The van der Waals surface area contributed by atoms with Gasteiger partial charge in [-0.3, -0.25) is 0 Å². The number of carboxylic acids is 1. The van der Waals surface area contributed by atoms with Gasteiger partial charge < -0.3 is 5.11 Å². The summed E-state index contributed by atoms with van der Waals surface area (Å²) in [6, 6.07) is 5.39. The van der Waals surface area contributed by atoms with Crippen LogP contribution in [0.4, 0.5) is 8.78 Å². The molecule has 2 aromatic heterocycles. The van der Waals surface area contributed by atoms with E-state index < -0.39 is 17.6 Å². The topological polar surface area (TPSA) is 63.1 Å². The van der Waals surface area contributed by atoms with Crippen LogP contribution in [0.15, 0.2) is 30.5 Å². The number of aromatic carboxylic acids is 1. The summed E-state index contributed by atoms with van der Waals surface area (Å²) in [6.45, 7) is 0. The first-order valence-corrected chi connectivity index (χ1v) is 6.77. The van der Waals surface area contributed by atoms with Crippen molar-refractivity contribution in [1.29, 1.82) is 0 Å². The first-order chi connectivity index (χ1) is 10.0. The van der Waals surface area contributed by atoms with Crippen LogP contribution < -0.4 is 0 Å². The standard InChI is InChI=1S/C14H8F2N2O2S/c15-9-2-1-7(4-10(9)16)3-8-5-11-12(17-6-8)21-13(18-11)14(19)20/h1-2,4-6H,3H2,(H,19,20). The lowest BCUT2D eigenvalue weighted by molar-refractivity contribution is 0.0696. The van der Waals surface area contributed by atoms with E-state index in [9.17, 15) is 13.6 Å². The molecule has 0 fully saturated rings. The molecule has 7 heteroatoms. The van der Waals surface area contributed by atoms with Gasteiger partial charge in [0, 0.05) is 6.20 Å². The minimum absolute atomic E-state index is 0.0255. The van der Waals surface area contributed by atoms with Crippen LogP contribution in [0.2, 0.25) is 0 Å². The quantitative estimate of drug-likeness (QED) is 0.806. The third-order valence-corrected chi connectivity index (χ3v) is 3.85. The SMILES string of the molecule is O=C(O)c1nc2cc(Cc3ccc(F)c(F)c3)cnc2s1. The fourth-order valence-electron chi connectivity index (χ4n) is 1.94. The van der Waals surface area contributed by atoms with Crippen molar-refractivity contribution < 1.29 is 18.7 Å². The summed E-state index contributed by atoms with van der Waals surface area (Å²) in [7, 11) is 0. The molecule has 0 spiro atoms. The van der Waals surface area contributed by atoms with E-state index in [2.05, 4.69) is 9.97 Å². The van der Waals surface area contributed by atoms with Crippen molar-refractivity contribution >= 4 is 27.7 Å². The van der Waals surface area contributed by atoms with Crippen molar-refractivity contribution in [2.75, 3.05) is 0 Å². The Balaban J connectivity index is 1.93. The molecule has 0 bridgehead atoms. The zero-order chi connectivity index (χ0) is 15.0. The first kappa shape index (κ1) is 13.6. The lowest BCUT2D eigenvalue weighted by Gasteiger charge is -2.02. The van der Waals surface area contributed by atoms with E-state index in [4.69, 9.17) is 5.11 Å². The molecular weight excluding hydrogens is 298 g/mol. The number of carbonyl (C=O) groups is 1. The number of halogens is 2. The molecule has 1 aromatic carbocycles. The molecule has 0 unspecified atom stereocenters. The maximum Gasteiger partial charge on any atom is 0.365 e. The second-order valence-electron chi connectivity index (χ2n) is 4.42. The zero-order valence-electron chi connectivity index (χ0n) is 10.5. The highest BCUT2D eigenvalue weighted by Gasteiger charge is 2.12. The Hall–Kier alpha value is -2.41. The van der Waals surface area contributed by atoms with Gasteiger partial charge in [-0.05, 0) is 35.7 Å². The van der Waals surface area contributed by atoms with Crippen molar-refractivity contribution in [1.82, 2.24) is 9.97 Å². The maximum atomic E-state index is 13.2. The second kappa shape index (κ2) is 5.17. The van der Waals surface area contributed by atoms with Gasteiger partial charge in [0.2, 0.25) is 5.01 Å². The molecule has 21 heavy (non-hydrogen) atoms. The maximum absolute atomic E-state index is 13.2. The van der Waals surface area contributed by atoms with E-state index in [1.54, 1.807) is 12.3 Å². The Kier molecular flexibility index (Phi) is 3.34. The van der Waals surface area contributed by atoms with Crippen LogP contribution in [0.1, 0.15) is 20.9 Å². The number of hydrogen-bond acceptors (Lipinski definition) is 4. The molecule has 1 N–H and O–H groups in total. The van der Waals surface area contributed by atoms with Crippen LogP contribution in [0, 0.1) is 11.6 Å². The number of aromatic nitrogens is 2. The van der Waals surface area contributed by atoms with Gasteiger partial charge in [0.05, 0.1) is 0 Å². The molecule has 0 saturated carbocycles. The summed E-state index contributed by atoms with van der Waals surface area (Å²) in [5.41, 5.74) is 1.83. The summed E-state index contributed by atoms with van der Waals surface area (Å²) >= 11 is 0.993. The monoisotopic (exact) mass is 306 g/mol. The Morgan fingerprint density at radius 2 is 2.00 bits per heavy atom. The second-order valence-corrected chi connectivity index (χ2v) is 5.39. The van der Waals surface area contributed by atoms with E-state index in [1.807, 2.05) is 0 Å². The molecule has 3 rings (SSSR count). The molecule has 0 aliphatic rings. The lowest BCUT2D eigenvalue weighted by atomic mass is 10.1. The summed E-state index contributed by atoms with van der Waals surface area (Å²) in [5, 5.41) is 8.86. The average Bonchev–Trinajstić information content (AvgIpc) is 2.86. The summed E-state index contributed by atoms with van der Waals surface area (Å²) in [6.07, 6.45) is 1.94. The number of benzene rings is 1. The predicted molar refractivity (Wildman–Crippen MR) is 73.5 cm³/mol. The number of carboxylic acid groups (broad SMARTS) is 1. The number of pyridine rings is 1. The van der Waals surface area contributed by atoms with Crippen LogP contribution in [-0.2, 0) is 6.42 Å². The highest BCUT2D eigenvalue weighted by atomic mass is 32.1. The van der Waals surface area contributed by atoms with Crippen LogP contribution in [0.5, 0.6) is 0 Å². The molecule has 0 atom stereocenters. The number of fused-ring (bicyclic) bond motifs is 1. The molecule has 4 nitrogen and oxygen atoms in total. The molecule has 3 aromatic rings. The van der Waals surface area contributed by atoms with Crippen LogP contribution in [0.25, 0.3) is 10.3 Å². The highest BCUT2D eigenvalue weighted by Crippen LogP contribution is 2.22. The number of thiazole rings is 1. The third kappa shape index (κ3) is 2.73. The molecule has 0 radical (unpaired) electrons. The Morgan fingerprint density at radius 1 is 1.19 bits per heavy atom. The Morgan fingerprint density at radius 3 is 2.71 bits per heavy atom. The molecule has 0 aliphatic carbocycles. The number of hydrogen-bond donors (Lipinski definition) is 1. The molecule has 0 saturated heterocycles. The minimum atomic E-state index is -1.10. The van der Waals surface area contributed by atoms with E-state index in [0.717, 1.165) is 29.0 Å². The molecule has 106 valence electrons. The van der Waals surface area contributed by atoms with Gasteiger partial charge in [0.15, 0.2) is 11.6 Å². The molecule has 0 aliphatic heterocycles. The Bertz CT molecular complexity index is 848. The Labute approximate surface area is 121 Å². The van der Waals surface area contributed by atoms with Crippen molar-refractivity contribution in [3.05, 3.63) is 58.2 Å². The van der Waals surface area contributed by atoms with Gasteiger partial charge in [-0.15, -0.1) is 0 Å². The number of rotatable bonds is 3. The normalized spacial score (nSPS) is 11.0. The van der Waals surface area contributed by atoms with Gasteiger partial charge in [0.25, 0.3) is 0 Å². The van der Waals surface area contributed by atoms with Gasteiger partial charge in [-0.25, -0.2) is 23.5 Å². The number of nitrogens with zero attached hydrogens (tertiary/aromatic N) is 2. The predicted octanol–water partition coefficient (Wildman–Crippen LogP) is 3.26. The third-order valence-electron chi connectivity index (χ3n) is 2.88. The molecule has 0 amide bonds. The summed E-state index contributed by atoms with van der Waals surface area (Å²) < 4.78 is 26.0. The highest BCUT2D eigenvalue weighted by molar-refractivity contribution is 7.19. The van der Waals surface area contributed by atoms with Crippen LogP contribution in [-0.4, -0.2) is 21.0 Å². The fraction of sp³-hybridized carbons (Fsp3) is 0.0714. The van der Waals surface area contributed by atoms with Gasteiger partial charge in [-0.1, -0.05) is 17.4 Å². The smallest absolute Gasteiger partial charge is 0.365 e. The average molecular weight is 306 g/mol. The van der Waals surface area contributed by atoms with Crippen LogP contribution in [0.3, 0.4) is 0 Å².